The van der Waals surface area contributed by atoms with Crippen LogP contribution in [-0.2, 0) is 4.74 Å². The van der Waals surface area contributed by atoms with Gasteiger partial charge in [0.1, 0.15) is 0 Å². The average Bonchev–Trinajstić information content (AvgIpc) is 2.65. The van der Waals surface area contributed by atoms with E-state index < -0.39 is 0 Å². The summed E-state index contributed by atoms with van der Waals surface area (Å²) >= 11 is 0. The Bertz CT molecular complexity index is 132. The molecular weight excluding hydrogens is 174 g/mol. The van der Waals surface area contributed by atoms with E-state index in [0.717, 1.165) is 25.7 Å². The maximum atomic E-state index is 5.67. The molecule has 1 atom stereocenters. The number of nitrogens with zero attached hydrogens (tertiary/aromatic N) is 1. The highest BCUT2D eigenvalue weighted by atomic mass is 16.5. The number of likely N-dealkylation sites (tertiary alicyclic amines) is 1. The van der Waals surface area contributed by atoms with Crippen molar-refractivity contribution in [3.63, 3.8) is 0 Å². The van der Waals surface area contributed by atoms with Gasteiger partial charge in [0.15, 0.2) is 0 Å². The lowest BCUT2D eigenvalue weighted by molar-refractivity contribution is 0.0846. The molecule has 0 aromatic rings. The fourth-order valence-corrected chi connectivity index (χ4v) is 2.06. The first kappa shape index (κ1) is 12.0. The second kappa shape index (κ2) is 7.24. The van der Waals surface area contributed by atoms with E-state index in [-0.39, 0.29) is 0 Å². The van der Waals surface area contributed by atoms with Crippen LogP contribution < -0.4 is 0 Å². The Labute approximate surface area is 88.6 Å². The molecule has 0 saturated carbocycles. The van der Waals surface area contributed by atoms with Gasteiger partial charge in [-0.05, 0) is 38.3 Å². The van der Waals surface area contributed by atoms with Gasteiger partial charge in [0.2, 0.25) is 0 Å². The van der Waals surface area contributed by atoms with Crippen LogP contribution >= 0.6 is 0 Å². The Hall–Kier alpha value is -0.0800. The molecule has 14 heavy (non-hydrogen) atoms. The average molecular weight is 199 g/mol. The third kappa shape index (κ3) is 4.97. The molecule has 1 unspecified atom stereocenters. The summed E-state index contributed by atoms with van der Waals surface area (Å²) in [6.45, 7) is 10.1. The summed E-state index contributed by atoms with van der Waals surface area (Å²) in [6.07, 6.45) is 5.33. The van der Waals surface area contributed by atoms with Crippen molar-refractivity contribution < 1.29 is 4.74 Å². The van der Waals surface area contributed by atoms with E-state index in [4.69, 9.17) is 4.74 Å². The molecule has 84 valence electrons. The smallest absolute Gasteiger partial charge is 0.0593 e. The third-order valence-corrected chi connectivity index (χ3v) is 2.93. The van der Waals surface area contributed by atoms with E-state index in [1.165, 1.54) is 38.8 Å². The standard InChI is InChI=1S/C12H25NO/c1-3-6-12(2)11-14-10-9-13-7-4-5-8-13/h12H,3-11H2,1-2H3. The highest BCUT2D eigenvalue weighted by Gasteiger charge is 2.10. The summed E-state index contributed by atoms with van der Waals surface area (Å²) in [5.41, 5.74) is 0. The minimum atomic E-state index is 0.735. The van der Waals surface area contributed by atoms with Crippen LogP contribution in [0.5, 0.6) is 0 Å². The fourth-order valence-electron chi connectivity index (χ4n) is 2.06. The number of rotatable bonds is 7. The number of hydrogen-bond donors (Lipinski definition) is 0. The van der Waals surface area contributed by atoms with Gasteiger partial charge in [-0.25, -0.2) is 0 Å². The van der Waals surface area contributed by atoms with Gasteiger partial charge in [0, 0.05) is 13.2 Å². The molecule has 1 fully saturated rings. The molecule has 0 radical (unpaired) electrons. The van der Waals surface area contributed by atoms with Crippen LogP contribution in [0.1, 0.15) is 39.5 Å². The van der Waals surface area contributed by atoms with Crippen molar-refractivity contribution in [2.75, 3.05) is 32.8 Å². The summed E-state index contributed by atoms with van der Waals surface area (Å²) in [5, 5.41) is 0. The first-order valence-corrected chi connectivity index (χ1v) is 6.13. The second-order valence-electron chi connectivity index (χ2n) is 4.52. The van der Waals surface area contributed by atoms with E-state index in [1.807, 2.05) is 0 Å². The van der Waals surface area contributed by atoms with E-state index in [9.17, 15) is 0 Å². The summed E-state index contributed by atoms with van der Waals surface area (Å²) in [5.74, 6) is 0.735. The Kier molecular flexibility index (Phi) is 6.20. The minimum absolute atomic E-state index is 0.735. The minimum Gasteiger partial charge on any atom is -0.380 e. The van der Waals surface area contributed by atoms with Crippen molar-refractivity contribution in [1.82, 2.24) is 4.90 Å². The van der Waals surface area contributed by atoms with Crippen LogP contribution in [0.3, 0.4) is 0 Å². The number of ether oxygens (including phenoxy) is 1. The molecule has 0 N–H and O–H groups in total. The van der Waals surface area contributed by atoms with Crippen molar-refractivity contribution in [2.24, 2.45) is 5.92 Å². The van der Waals surface area contributed by atoms with E-state index in [1.54, 1.807) is 0 Å². The SMILES string of the molecule is CCCC(C)COCCN1CCCC1. The largest absolute Gasteiger partial charge is 0.380 e. The van der Waals surface area contributed by atoms with E-state index >= 15 is 0 Å². The topological polar surface area (TPSA) is 12.5 Å². The van der Waals surface area contributed by atoms with Crippen LogP contribution in [0.25, 0.3) is 0 Å². The van der Waals surface area contributed by atoms with Gasteiger partial charge in [-0.3, -0.25) is 0 Å². The maximum Gasteiger partial charge on any atom is 0.0593 e. The molecule has 2 nitrogen and oxygen atoms in total. The normalized spacial score (nSPS) is 20.1. The molecule has 1 heterocycles. The third-order valence-electron chi connectivity index (χ3n) is 2.93. The molecule has 0 aliphatic carbocycles. The lowest BCUT2D eigenvalue weighted by atomic mass is 10.1. The molecule has 2 heteroatoms. The highest BCUT2D eigenvalue weighted by Crippen LogP contribution is 2.07. The zero-order valence-electron chi connectivity index (χ0n) is 9.80. The van der Waals surface area contributed by atoms with Gasteiger partial charge < -0.3 is 9.64 Å². The molecule has 1 aliphatic rings. The fraction of sp³-hybridized carbons (Fsp3) is 1.00. The van der Waals surface area contributed by atoms with Crippen LogP contribution in [0.15, 0.2) is 0 Å². The van der Waals surface area contributed by atoms with Gasteiger partial charge >= 0.3 is 0 Å². The van der Waals surface area contributed by atoms with Gasteiger partial charge in [-0.1, -0.05) is 20.3 Å². The second-order valence-corrected chi connectivity index (χ2v) is 4.52. The van der Waals surface area contributed by atoms with Crippen molar-refractivity contribution >= 4 is 0 Å². The Morgan fingerprint density at radius 2 is 2.00 bits per heavy atom. The Morgan fingerprint density at radius 1 is 1.29 bits per heavy atom. The summed E-state index contributed by atoms with van der Waals surface area (Å²) in [6, 6.07) is 0. The lowest BCUT2D eigenvalue weighted by Crippen LogP contribution is -2.24. The van der Waals surface area contributed by atoms with Crippen LogP contribution in [0.4, 0.5) is 0 Å². The van der Waals surface area contributed by atoms with Gasteiger partial charge in [-0.2, -0.15) is 0 Å². The molecule has 1 saturated heterocycles. The Balaban J connectivity index is 1.88. The maximum absolute atomic E-state index is 5.67. The van der Waals surface area contributed by atoms with Crippen molar-refractivity contribution in [1.29, 1.82) is 0 Å². The van der Waals surface area contributed by atoms with Crippen LogP contribution in [0, 0.1) is 5.92 Å². The van der Waals surface area contributed by atoms with Crippen LogP contribution in [-0.4, -0.2) is 37.7 Å². The molecule has 0 aromatic heterocycles. The van der Waals surface area contributed by atoms with Gasteiger partial charge in [0.05, 0.1) is 6.61 Å². The van der Waals surface area contributed by atoms with Gasteiger partial charge in [-0.15, -0.1) is 0 Å². The summed E-state index contributed by atoms with van der Waals surface area (Å²) < 4.78 is 5.67. The molecule has 0 amide bonds. The van der Waals surface area contributed by atoms with Gasteiger partial charge in [0.25, 0.3) is 0 Å². The number of hydrogen-bond acceptors (Lipinski definition) is 2. The monoisotopic (exact) mass is 199 g/mol. The predicted octanol–water partition coefficient (Wildman–Crippen LogP) is 2.54. The molecule has 0 aromatic carbocycles. The zero-order chi connectivity index (χ0) is 10.2. The summed E-state index contributed by atoms with van der Waals surface area (Å²) in [4.78, 5) is 2.50. The van der Waals surface area contributed by atoms with E-state index in [0.29, 0.717) is 0 Å². The first-order valence-electron chi connectivity index (χ1n) is 6.13. The molecular formula is C12H25NO. The van der Waals surface area contributed by atoms with Crippen molar-refractivity contribution in [3.05, 3.63) is 0 Å². The molecule has 0 spiro atoms. The van der Waals surface area contributed by atoms with E-state index in [2.05, 4.69) is 18.7 Å². The Morgan fingerprint density at radius 3 is 2.64 bits per heavy atom. The summed E-state index contributed by atoms with van der Waals surface area (Å²) in [7, 11) is 0. The lowest BCUT2D eigenvalue weighted by Gasteiger charge is -2.16. The molecule has 0 bridgehead atoms. The van der Waals surface area contributed by atoms with Crippen molar-refractivity contribution in [2.45, 2.75) is 39.5 Å². The molecule has 1 aliphatic heterocycles. The quantitative estimate of drug-likeness (QED) is 0.584. The van der Waals surface area contributed by atoms with Crippen LogP contribution in [0.2, 0.25) is 0 Å². The first-order chi connectivity index (χ1) is 6.83. The molecule has 1 rings (SSSR count). The zero-order valence-corrected chi connectivity index (χ0v) is 9.80. The predicted molar refractivity (Wildman–Crippen MR) is 60.6 cm³/mol. The highest BCUT2D eigenvalue weighted by molar-refractivity contribution is 4.65. The van der Waals surface area contributed by atoms with Crippen molar-refractivity contribution in [3.8, 4) is 0 Å².